The fraction of sp³-hybridized carbons (Fsp3) is 0. The minimum absolute atomic E-state index is 0.827. The maximum absolute atomic E-state index is 5.74. The molecule has 0 saturated heterocycles. The molecule has 3 heteroatoms. The van der Waals surface area contributed by atoms with Gasteiger partial charge in [0.25, 0.3) is 0 Å². The first-order chi connectivity index (χ1) is 29.3. The van der Waals surface area contributed by atoms with E-state index in [1.165, 1.54) is 0 Å². The third-order valence-corrected chi connectivity index (χ3v) is 10.9. The number of hydrogen-bond acceptors (Lipinski definition) is 3. The minimum atomic E-state index is 0.827. The molecule has 0 spiro atoms. The van der Waals surface area contributed by atoms with E-state index < -0.39 is 0 Å². The standard InChI is InChI=1S/C56H39N3/c1-6-20-40(21-7-1)47-30-16-18-32-49(47)51-38-39-52(50-33-19-17-31-48(50)41-22-8-2-9-23-41)56-55(51)57-53(42-24-10-3-11-25-42)54(58-56)43-34-36-46(37-35-43)59(44-26-12-4-13-27-44)45-28-14-5-15-29-45/h1-39H. The van der Waals surface area contributed by atoms with Crippen molar-refractivity contribution in [2.24, 2.45) is 0 Å². The van der Waals surface area contributed by atoms with Crippen molar-refractivity contribution in [1.82, 2.24) is 9.97 Å². The molecule has 0 fully saturated rings. The SMILES string of the molecule is c1ccc(-c2ccccc2-c2ccc(-c3ccccc3-c3ccccc3)c3nc(-c4ccc(N(c5ccccc5)c5ccccc5)cc4)c(-c4ccccc4)nc23)cc1. The zero-order valence-corrected chi connectivity index (χ0v) is 32.4. The zero-order valence-electron chi connectivity index (χ0n) is 32.4. The molecule has 9 aromatic carbocycles. The molecule has 10 rings (SSSR count). The molecule has 0 aliphatic rings. The summed E-state index contributed by atoms with van der Waals surface area (Å²) in [7, 11) is 0. The Bertz CT molecular complexity index is 2960. The lowest BCUT2D eigenvalue weighted by molar-refractivity contribution is 1.27. The van der Waals surface area contributed by atoms with E-state index in [-0.39, 0.29) is 0 Å². The largest absolute Gasteiger partial charge is 0.311 e. The second kappa shape index (κ2) is 15.9. The predicted octanol–water partition coefficient (Wildman–Crippen LogP) is 15.1. The van der Waals surface area contributed by atoms with Crippen LogP contribution in [0.4, 0.5) is 17.1 Å². The normalized spacial score (nSPS) is 11.1. The van der Waals surface area contributed by atoms with Gasteiger partial charge in [-0.2, -0.15) is 0 Å². The van der Waals surface area contributed by atoms with E-state index in [2.05, 4.69) is 235 Å². The van der Waals surface area contributed by atoms with Crippen molar-refractivity contribution in [2.45, 2.75) is 0 Å². The first kappa shape index (κ1) is 35.5. The molecule has 1 heterocycles. The van der Waals surface area contributed by atoms with Crippen LogP contribution in [-0.4, -0.2) is 9.97 Å². The van der Waals surface area contributed by atoms with E-state index in [4.69, 9.17) is 9.97 Å². The van der Waals surface area contributed by atoms with Crippen LogP contribution in [0, 0.1) is 0 Å². The maximum atomic E-state index is 5.74. The van der Waals surface area contributed by atoms with Crippen LogP contribution in [0.5, 0.6) is 0 Å². The van der Waals surface area contributed by atoms with Gasteiger partial charge in [0, 0.05) is 39.3 Å². The van der Waals surface area contributed by atoms with Gasteiger partial charge in [-0.25, -0.2) is 9.97 Å². The summed E-state index contributed by atoms with van der Waals surface area (Å²) in [5.74, 6) is 0. The van der Waals surface area contributed by atoms with Crippen LogP contribution in [0.15, 0.2) is 237 Å². The second-order valence-electron chi connectivity index (χ2n) is 14.5. The van der Waals surface area contributed by atoms with Crippen molar-refractivity contribution in [3.8, 4) is 67.0 Å². The highest BCUT2D eigenvalue weighted by atomic mass is 15.1. The van der Waals surface area contributed by atoms with Crippen molar-refractivity contribution in [1.29, 1.82) is 0 Å². The number of rotatable bonds is 9. The molecule has 278 valence electrons. The van der Waals surface area contributed by atoms with Crippen molar-refractivity contribution in [3.05, 3.63) is 237 Å². The monoisotopic (exact) mass is 753 g/mol. The van der Waals surface area contributed by atoms with Gasteiger partial charge >= 0.3 is 0 Å². The summed E-state index contributed by atoms with van der Waals surface area (Å²) in [6.45, 7) is 0. The van der Waals surface area contributed by atoms with Crippen LogP contribution in [0.25, 0.3) is 78.1 Å². The summed E-state index contributed by atoms with van der Waals surface area (Å²) in [6, 6.07) is 83.1. The van der Waals surface area contributed by atoms with Gasteiger partial charge in [0.2, 0.25) is 0 Å². The third kappa shape index (κ3) is 6.96. The highest BCUT2D eigenvalue weighted by molar-refractivity contribution is 6.06. The van der Waals surface area contributed by atoms with Crippen molar-refractivity contribution in [3.63, 3.8) is 0 Å². The summed E-state index contributed by atoms with van der Waals surface area (Å²) in [6.07, 6.45) is 0. The summed E-state index contributed by atoms with van der Waals surface area (Å²) in [5.41, 5.74) is 17.5. The van der Waals surface area contributed by atoms with Gasteiger partial charge < -0.3 is 4.90 Å². The molecule has 3 nitrogen and oxygen atoms in total. The van der Waals surface area contributed by atoms with E-state index in [1.54, 1.807) is 0 Å². The first-order valence-corrected chi connectivity index (χ1v) is 20.0. The van der Waals surface area contributed by atoms with Crippen molar-refractivity contribution >= 4 is 28.1 Å². The molecule has 0 aliphatic carbocycles. The lowest BCUT2D eigenvalue weighted by Gasteiger charge is -2.25. The Kier molecular flexibility index (Phi) is 9.59. The molecule has 0 amide bonds. The van der Waals surface area contributed by atoms with Crippen LogP contribution in [0.1, 0.15) is 0 Å². The van der Waals surface area contributed by atoms with E-state index in [9.17, 15) is 0 Å². The molecule has 0 unspecified atom stereocenters. The quantitative estimate of drug-likeness (QED) is 0.147. The highest BCUT2D eigenvalue weighted by Gasteiger charge is 2.22. The van der Waals surface area contributed by atoms with Gasteiger partial charge in [-0.15, -0.1) is 0 Å². The van der Waals surface area contributed by atoms with Crippen LogP contribution >= 0.6 is 0 Å². The van der Waals surface area contributed by atoms with Gasteiger partial charge in [-0.3, -0.25) is 0 Å². The van der Waals surface area contributed by atoms with Crippen LogP contribution < -0.4 is 4.90 Å². The molecule has 10 aromatic rings. The van der Waals surface area contributed by atoms with E-state index >= 15 is 0 Å². The Morgan fingerprint density at radius 3 is 0.932 bits per heavy atom. The van der Waals surface area contributed by atoms with Crippen LogP contribution in [-0.2, 0) is 0 Å². The molecule has 1 aromatic heterocycles. The summed E-state index contributed by atoms with van der Waals surface area (Å²) in [4.78, 5) is 13.7. The predicted molar refractivity (Wildman–Crippen MR) is 247 cm³/mol. The maximum Gasteiger partial charge on any atom is 0.0979 e. The molecular formula is C56H39N3. The minimum Gasteiger partial charge on any atom is -0.311 e. The van der Waals surface area contributed by atoms with Crippen LogP contribution in [0.3, 0.4) is 0 Å². The van der Waals surface area contributed by atoms with Crippen molar-refractivity contribution < 1.29 is 0 Å². The molecule has 0 radical (unpaired) electrons. The Labute approximate surface area is 345 Å². The summed E-state index contributed by atoms with van der Waals surface area (Å²) >= 11 is 0. The molecule has 0 bridgehead atoms. The van der Waals surface area contributed by atoms with E-state index in [1.807, 2.05) is 6.07 Å². The average molecular weight is 754 g/mol. The topological polar surface area (TPSA) is 29.0 Å². The van der Waals surface area contributed by atoms with Gasteiger partial charge in [0.15, 0.2) is 0 Å². The van der Waals surface area contributed by atoms with Gasteiger partial charge in [-0.1, -0.05) is 200 Å². The van der Waals surface area contributed by atoms with Crippen molar-refractivity contribution in [2.75, 3.05) is 4.90 Å². The molecule has 59 heavy (non-hydrogen) atoms. The number of aromatic nitrogens is 2. The molecule has 0 saturated carbocycles. The second-order valence-corrected chi connectivity index (χ2v) is 14.5. The number of fused-ring (bicyclic) bond motifs is 1. The Morgan fingerprint density at radius 1 is 0.220 bits per heavy atom. The van der Waals surface area contributed by atoms with Gasteiger partial charge in [-0.05, 0) is 69.8 Å². The molecule has 0 atom stereocenters. The summed E-state index contributed by atoms with van der Waals surface area (Å²) < 4.78 is 0. The average Bonchev–Trinajstić information content (AvgIpc) is 3.33. The summed E-state index contributed by atoms with van der Waals surface area (Å²) in [5, 5.41) is 0. The lowest BCUT2D eigenvalue weighted by atomic mass is 9.89. The van der Waals surface area contributed by atoms with E-state index in [0.717, 1.165) is 95.1 Å². The van der Waals surface area contributed by atoms with E-state index in [0.29, 0.717) is 0 Å². The Hall–Kier alpha value is -7.88. The van der Waals surface area contributed by atoms with Crippen LogP contribution in [0.2, 0.25) is 0 Å². The Morgan fingerprint density at radius 2 is 0.525 bits per heavy atom. The van der Waals surface area contributed by atoms with Gasteiger partial charge in [0.1, 0.15) is 0 Å². The number of anilines is 3. The van der Waals surface area contributed by atoms with Gasteiger partial charge in [0.05, 0.1) is 22.4 Å². The number of nitrogens with zero attached hydrogens (tertiary/aromatic N) is 3. The zero-order chi connectivity index (χ0) is 39.4. The molecule has 0 N–H and O–H groups in total. The highest BCUT2D eigenvalue weighted by Crippen LogP contribution is 2.44. The molecule has 0 aliphatic heterocycles. The molecular weight excluding hydrogens is 715 g/mol. The number of hydrogen-bond donors (Lipinski definition) is 0. The third-order valence-electron chi connectivity index (χ3n) is 10.9. The smallest absolute Gasteiger partial charge is 0.0979 e. The number of para-hydroxylation sites is 2. The first-order valence-electron chi connectivity index (χ1n) is 20.0. The number of benzene rings is 9. The fourth-order valence-corrected chi connectivity index (χ4v) is 8.11. The lowest BCUT2D eigenvalue weighted by Crippen LogP contribution is -2.09. The Balaban J connectivity index is 1.23. The fourth-order valence-electron chi connectivity index (χ4n) is 8.11.